The Kier molecular flexibility index (Phi) is 3.15. The zero-order valence-electron chi connectivity index (χ0n) is 11.8. The summed E-state index contributed by atoms with van der Waals surface area (Å²) in [6.45, 7) is 5.13. The second-order valence-corrected chi connectivity index (χ2v) is 5.52. The van der Waals surface area contributed by atoms with E-state index in [1.165, 1.54) is 11.3 Å². The summed E-state index contributed by atoms with van der Waals surface area (Å²) < 4.78 is 0. The van der Waals surface area contributed by atoms with Crippen LogP contribution >= 0.6 is 0 Å². The minimum Gasteiger partial charge on any atom is -0.326 e. The molecular formula is C17H17N3. The molecular weight excluding hydrogens is 246 g/mol. The molecule has 0 aliphatic carbocycles. The molecule has 3 heteroatoms. The van der Waals surface area contributed by atoms with Crippen LogP contribution < -0.4 is 4.90 Å². The van der Waals surface area contributed by atoms with Crippen LogP contribution in [-0.4, -0.2) is 11.5 Å². The van der Waals surface area contributed by atoms with Crippen molar-refractivity contribution in [3.63, 3.8) is 0 Å². The molecule has 0 radical (unpaired) electrons. The van der Waals surface area contributed by atoms with E-state index >= 15 is 0 Å². The molecule has 0 fully saturated rings. The summed E-state index contributed by atoms with van der Waals surface area (Å²) in [7, 11) is 0. The van der Waals surface area contributed by atoms with Gasteiger partial charge in [-0.3, -0.25) is 0 Å². The number of aryl methyl sites for hydroxylation is 1. The summed E-state index contributed by atoms with van der Waals surface area (Å²) in [4.78, 5) is 6.85. The van der Waals surface area contributed by atoms with Crippen molar-refractivity contribution >= 4 is 11.5 Å². The molecule has 1 atom stereocenters. The van der Waals surface area contributed by atoms with Gasteiger partial charge >= 0.3 is 0 Å². The van der Waals surface area contributed by atoms with Crippen LogP contribution in [0.2, 0.25) is 0 Å². The molecule has 100 valence electrons. The van der Waals surface area contributed by atoms with E-state index in [1.54, 1.807) is 0 Å². The fourth-order valence-electron chi connectivity index (χ4n) is 2.87. The monoisotopic (exact) mass is 263 g/mol. The maximum Gasteiger partial charge on any atom is 0.134 e. The molecule has 2 aromatic rings. The molecule has 3 rings (SSSR count). The average molecular weight is 263 g/mol. The molecule has 0 saturated heterocycles. The summed E-state index contributed by atoms with van der Waals surface area (Å²) in [5.41, 5.74) is 4.12. The number of aromatic nitrogens is 1. The van der Waals surface area contributed by atoms with Gasteiger partial charge in [0.25, 0.3) is 0 Å². The Bertz CT molecular complexity index is 685. The maximum absolute atomic E-state index is 9.14. The van der Waals surface area contributed by atoms with Crippen LogP contribution in [0.4, 0.5) is 11.5 Å². The highest BCUT2D eigenvalue weighted by Crippen LogP contribution is 2.34. The third-order valence-electron chi connectivity index (χ3n) is 3.69. The summed E-state index contributed by atoms with van der Waals surface area (Å²) in [5, 5.41) is 9.14. The Hall–Kier alpha value is -2.34. The molecule has 0 N–H and O–H groups in total. The van der Waals surface area contributed by atoms with Gasteiger partial charge in [0.05, 0.1) is 11.6 Å². The molecule has 0 saturated carbocycles. The zero-order valence-corrected chi connectivity index (χ0v) is 11.8. The number of pyridine rings is 1. The van der Waals surface area contributed by atoms with Crippen molar-refractivity contribution in [1.82, 2.24) is 4.98 Å². The molecule has 1 aliphatic heterocycles. The molecule has 1 unspecified atom stereocenters. The standard InChI is InChI=1S/C17H17N3/c1-12-7-15-5-3-4-6-16(15)20(11-12)17-9-14(10-18)8-13(2)19-17/h3-6,8-9,12H,7,11H2,1-2H3. The van der Waals surface area contributed by atoms with Crippen molar-refractivity contribution in [2.24, 2.45) is 5.92 Å². The van der Waals surface area contributed by atoms with Gasteiger partial charge in [-0.05, 0) is 43.0 Å². The number of benzene rings is 1. The number of nitrogens with zero attached hydrogens (tertiary/aromatic N) is 3. The fraction of sp³-hybridized carbons (Fsp3) is 0.294. The Balaban J connectivity index is 2.11. The molecule has 3 nitrogen and oxygen atoms in total. The first kappa shape index (κ1) is 12.7. The van der Waals surface area contributed by atoms with E-state index in [-0.39, 0.29) is 0 Å². The summed E-state index contributed by atoms with van der Waals surface area (Å²) in [6, 6.07) is 14.4. The second kappa shape index (κ2) is 4.97. The molecule has 0 amide bonds. The molecule has 1 aliphatic rings. The molecule has 1 aromatic carbocycles. The van der Waals surface area contributed by atoms with Crippen LogP contribution in [0.25, 0.3) is 0 Å². The van der Waals surface area contributed by atoms with Crippen LogP contribution in [-0.2, 0) is 6.42 Å². The molecule has 0 spiro atoms. The van der Waals surface area contributed by atoms with E-state index in [1.807, 2.05) is 19.1 Å². The number of anilines is 2. The lowest BCUT2D eigenvalue weighted by Crippen LogP contribution is -2.31. The van der Waals surface area contributed by atoms with E-state index < -0.39 is 0 Å². The van der Waals surface area contributed by atoms with Crippen LogP contribution in [0.15, 0.2) is 36.4 Å². The van der Waals surface area contributed by atoms with Gasteiger partial charge in [-0.15, -0.1) is 0 Å². The van der Waals surface area contributed by atoms with Gasteiger partial charge < -0.3 is 4.90 Å². The van der Waals surface area contributed by atoms with Crippen molar-refractivity contribution in [2.45, 2.75) is 20.3 Å². The highest BCUT2D eigenvalue weighted by molar-refractivity contribution is 5.66. The lowest BCUT2D eigenvalue weighted by atomic mass is 9.94. The van der Waals surface area contributed by atoms with Gasteiger partial charge in [-0.25, -0.2) is 4.98 Å². The minimum atomic E-state index is 0.581. The highest BCUT2D eigenvalue weighted by Gasteiger charge is 2.23. The number of nitriles is 1. The van der Waals surface area contributed by atoms with E-state index in [2.05, 4.69) is 47.1 Å². The number of fused-ring (bicyclic) bond motifs is 1. The van der Waals surface area contributed by atoms with Crippen molar-refractivity contribution in [3.05, 3.63) is 53.2 Å². The molecule has 2 heterocycles. The van der Waals surface area contributed by atoms with Gasteiger partial charge in [-0.1, -0.05) is 25.1 Å². The van der Waals surface area contributed by atoms with Gasteiger partial charge in [0.2, 0.25) is 0 Å². The van der Waals surface area contributed by atoms with E-state index in [9.17, 15) is 0 Å². The number of para-hydroxylation sites is 1. The van der Waals surface area contributed by atoms with Crippen LogP contribution in [0.3, 0.4) is 0 Å². The normalized spacial score (nSPS) is 17.4. The number of hydrogen-bond acceptors (Lipinski definition) is 3. The predicted molar refractivity (Wildman–Crippen MR) is 80.0 cm³/mol. The van der Waals surface area contributed by atoms with Crippen LogP contribution in [0, 0.1) is 24.2 Å². The largest absolute Gasteiger partial charge is 0.326 e. The average Bonchev–Trinajstić information content (AvgIpc) is 2.45. The first-order valence-electron chi connectivity index (χ1n) is 6.91. The van der Waals surface area contributed by atoms with E-state index in [0.717, 1.165) is 24.5 Å². The van der Waals surface area contributed by atoms with Gasteiger partial charge in [0.1, 0.15) is 5.82 Å². The van der Waals surface area contributed by atoms with E-state index in [4.69, 9.17) is 5.26 Å². The lowest BCUT2D eigenvalue weighted by molar-refractivity contribution is 0.560. The summed E-state index contributed by atoms with van der Waals surface area (Å²) >= 11 is 0. The minimum absolute atomic E-state index is 0.581. The lowest BCUT2D eigenvalue weighted by Gasteiger charge is -2.34. The Morgan fingerprint density at radius 1 is 1.30 bits per heavy atom. The number of rotatable bonds is 1. The third kappa shape index (κ3) is 2.25. The smallest absolute Gasteiger partial charge is 0.134 e. The maximum atomic E-state index is 9.14. The summed E-state index contributed by atoms with van der Waals surface area (Å²) in [5.74, 6) is 1.46. The quantitative estimate of drug-likeness (QED) is 0.789. The van der Waals surface area contributed by atoms with Crippen molar-refractivity contribution < 1.29 is 0 Å². The first-order chi connectivity index (χ1) is 9.67. The number of hydrogen-bond donors (Lipinski definition) is 0. The van der Waals surface area contributed by atoms with Gasteiger partial charge in [0, 0.05) is 17.9 Å². The summed E-state index contributed by atoms with van der Waals surface area (Å²) in [6.07, 6.45) is 1.10. The third-order valence-corrected chi connectivity index (χ3v) is 3.69. The molecule has 1 aromatic heterocycles. The van der Waals surface area contributed by atoms with Crippen molar-refractivity contribution in [1.29, 1.82) is 5.26 Å². The highest BCUT2D eigenvalue weighted by atomic mass is 15.2. The van der Waals surface area contributed by atoms with Crippen LogP contribution in [0.1, 0.15) is 23.7 Å². The molecule has 20 heavy (non-hydrogen) atoms. The fourth-order valence-corrected chi connectivity index (χ4v) is 2.87. The van der Waals surface area contributed by atoms with Gasteiger partial charge in [0.15, 0.2) is 0 Å². The Morgan fingerprint density at radius 3 is 2.90 bits per heavy atom. The SMILES string of the molecule is Cc1cc(C#N)cc(N2CC(C)Cc3ccccc32)n1. The first-order valence-corrected chi connectivity index (χ1v) is 6.91. The zero-order chi connectivity index (χ0) is 14.1. The molecule has 0 bridgehead atoms. The van der Waals surface area contributed by atoms with Crippen molar-refractivity contribution in [3.8, 4) is 6.07 Å². The Morgan fingerprint density at radius 2 is 2.10 bits per heavy atom. The van der Waals surface area contributed by atoms with Gasteiger partial charge in [-0.2, -0.15) is 5.26 Å². The predicted octanol–water partition coefficient (Wildman–Crippen LogP) is 3.59. The topological polar surface area (TPSA) is 39.9 Å². The second-order valence-electron chi connectivity index (χ2n) is 5.52. The van der Waals surface area contributed by atoms with Crippen molar-refractivity contribution in [2.75, 3.05) is 11.4 Å². The Labute approximate surface area is 119 Å². The van der Waals surface area contributed by atoms with E-state index in [0.29, 0.717) is 11.5 Å². The van der Waals surface area contributed by atoms with Crippen LogP contribution in [0.5, 0.6) is 0 Å².